The number of hydrogen-bond donors (Lipinski definition) is 1. The second kappa shape index (κ2) is 2.72. The van der Waals surface area contributed by atoms with Crippen molar-refractivity contribution in [3.8, 4) is 0 Å². The van der Waals surface area contributed by atoms with Crippen molar-refractivity contribution >= 4 is 10.9 Å². The Morgan fingerprint density at radius 1 is 1.27 bits per heavy atom. The highest BCUT2D eigenvalue weighted by molar-refractivity contribution is 5.82. The van der Waals surface area contributed by atoms with E-state index in [4.69, 9.17) is 0 Å². The van der Waals surface area contributed by atoms with Crippen molar-refractivity contribution in [1.82, 2.24) is 4.98 Å². The molecule has 76 valence electrons. The van der Waals surface area contributed by atoms with Gasteiger partial charge in [0.05, 0.1) is 5.52 Å². The molecular formula is C13H13NO. The van der Waals surface area contributed by atoms with Gasteiger partial charge in [-0.25, -0.2) is 0 Å². The minimum absolute atomic E-state index is 0.106. The van der Waals surface area contributed by atoms with Crippen LogP contribution in [0.5, 0.6) is 0 Å². The summed E-state index contributed by atoms with van der Waals surface area (Å²) < 4.78 is 0. The van der Waals surface area contributed by atoms with Crippen molar-refractivity contribution in [2.45, 2.75) is 25.2 Å². The first-order chi connectivity index (χ1) is 7.21. The first kappa shape index (κ1) is 8.72. The smallest absolute Gasteiger partial charge is 0.189 e. The molecule has 0 bridgehead atoms. The summed E-state index contributed by atoms with van der Waals surface area (Å²) >= 11 is 0. The third kappa shape index (κ3) is 1.21. The van der Waals surface area contributed by atoms with Crippen LogP contribution < -0.4 is 5.43 Å². The molecule has 15 heavy (non-hydrogen) atoms. The Kier molecular flexibility index (Phi) is 1.58. The SMILES string of the molecule is CC1(c2cccc3c(=O)cc[nH]c23)CC1. The van der Waals surface area contributed by atoms with Crippen molar-refractivity contribution in [3.05, 3.63) is 46.2 Å². The molecule has 1 aliphatic rings. The quantitative estimate of drug-likeness (QED) is 0.752. The van der Waals surface area contributed by atoms with Gasteiger partial charge >= 0.3 is 0 Å². The highest BCUT2D eigenvalue weighted by Crippen LogP contribution is 2.49. The Bertz CT molecular complexity index is 578. The number of benzene rings is 1. The lowest BCUT2D eigenvalue weighted by atomic mass is 9.95. The minimum atomic E-state index is 0.106. The number of H-pyrrole nitrogens is 1. The van der Waals surface area contributed by atoms with Crippen LogP contribution in [-0.4, -0.2) is 4.98 Å². The second-order valence-electron chi connectivity index (χ2n) is 4.63. The maximum Gasteiger partial charge on any atom is 0.189 e. The molecule has 0 aliphatic heterocycles. The number of fused-ring (bicyclic) bond motifs is 1. The predicted octanol–water partition coefficient (Wildman–Crippen LogP) is 2.58. The van der Waals surface area contributed by atoms with E-state index in [1.54, 1.807) is 12.3 Å². The van der Waals surface area contributed by atoms with E-state index in [2.05, 4.69) is 18.0 Å². The summed E-state index contributed by atoms with van der Waals surface area (Å²) in [5.41, 5.74) is 2.71. The third-order valence-electron chi connectivity index (χ3n) is 3.44. The molecule has 1 fully saturated rings. The van der Waals surface area contributed by atoms with Crippen LogP contribution in [0.3, 0.4) is 0 Å². The lowest BCUT2D eigenvalue weighted by Crippen LogP contribution is -2.06. The molecule has 1 saturated carbocycles. The standard InChI is InChI=1S/C13H13NO/c1-13(6-7-13)10-4-2-3-9-11(15)5-8-14-12(9)10/h2-5,8H,6-7H2,1H3,(H,14,15). The number of aromatic amines is 1. The van der Waals surface area contributed by atoms with E-state index < -0.39 is 0 Å². The van der Waals surface area contributed by atoms with Gasteiger partial charge < -0.3 is 4.98 Å². The van der Waals surface area contributed by atoms with Gasteiger partial charge in [0.15, 0.2) is 5.43 Å². The van der Waals surface area contributed by atoms with E-state index in [0.717, 1.165) is 10.9 Å². The van der Waals surface area contributed by atoms with Crippen molar-refractivity contribution in [1.29, 1.82) is 0 Å². The lowest BCUT2D eigenvalue weighted by Gasteiger charge is -2.11. The molecule has 0 unspecified atom stereocenters. The molecule has 0 spiro atoms. The van der Waals surface area contributed by atoms with Crippen LogP contribution in [0, 0.1) is 0 Å². The highest BCUT2D eigenvalue weighted by Gasteiger charge is 2.40. The predicted molar refractivity (Wildman–Crippen MR) is 61.2 cm³/mol. The van der Waals surface area contributed by atoms with Gasteiger partial charge in [0, 0.05) is 17.6 Å². The van der Waals surface area contributed by atoms with E-state index >= 15 is 0 Å². The number of hydrogen-bond acceptors (Lipinski definition) is 1. The molecule has 0 radical (unpaired) electrons. The average Bonchev–Trinajstić information content (AvgIpc) is 2.98. The molecule has 1 heterocycles. The number of pyridine rings is 1. The van der Waals surface area contributed by atoms with Crippen LogP contribution in [-0.2, 0) is 5.41 Å². The van der Waals surface area contributed by atoms with Crippen LogP contribution in [0.2, 0.25) is 0 Å². The summed E-state index contributed by atoms with van der Waals surface area (Å²) in [7, 11) is 0. The Morgan fingerprint density at radius 3 is 2.80 bits per heavy atom. The topological polar surface area (TPSA) is 32.9 Å². The Morgan fingerprint density at radius 2 is 2.07 bits per heavy atom. The van der Waals surface area contributed by atoms with Gasteiger partial charge in [-0.15, -0.1) is 0 Å². The highest BCUT2D eigenvalue weighted by atomic mass is 16.1. The van der Waals surface area contributed by atoms with E-state index in [9.17, 15) is 4.79 Å². The summed E-state index contributed by atoms with van der Waals surface area (Å²) in [6.07, 6.45) is 4.19. The Labute approximate surface area is 87.9 Å². The Balaban J connectivity index is 2.41. The molecule has 1 aromatic carbocycles. The van der Waals surface area contributed by atoms with Crippen molar-refractivity contribution in [3.63, 3.8) is 0 Å². The van der Waals surface area contributed by atoms with Gasteiger partial charge in [-0.05, 0) is 29.9 Å². The number of rotatable bonds is 1. The third-order valence-corrected chi connectivity index (χ3v) is 3.44. The average molecular weight is 199 g/mol. The van der Waals surface area contributed by atoms with E-state index in [1.807, 2.05) is 12.1 Å². The molecule has 1 N–H and O–H groups in total. The molecule has 1 aromatic heterocycles. The van der Waals surface area contributed by atoms with Crippen molar-refractivity contribution in [2.24, 2.45) is 0 Å². The molecule has 0 saturated heterocycles. The maximum atomic E-state index is 11.7. The maximum absolute atomic E-state index is 11.7. The fourth-order valence-electron chi connectivity index (χ4n) is 2.16. The van der Waals surface area contributed by atoms with Gasteiger partial charge in [0.25, 0.3) is 0 Å². The van der Waals surface area contributed by atoms with E-state index in [-0.39, 0.29) is 5.43 Å². The minimum Gasteiger partial charge on any atom is -0.361 e. The first-order valence-electron chi connectivity index (χ1n) is 5.32. The number of para-hydroxylation sites is 1. The summed E-state index contributed by atoms with van der Waals surface area (Å²) in [4.78, 5) is 14.9. The molecule has 2 nitrogen and oxygen atoms in total. The monoisotopic (exact) mass is 199 g/mol. The molecule has 1 aliphatic carbocycles. The van der Waals surface area contributed by atoms with Crippen LogP contribution in [0.1, 0.15) is 25.3 Å². The molecule has 0 amide bonds. The van der Waals surface area contributed by atoms with E-state index in [0.29, 0.717) is 5.41 Å². The number of aromatic nitrogens is 1. The van der Waals surface area contributed by atoms with Gasteiger partial charge in [0.1, 0.15) is 0 Å². The Hall–Kier alpha value is -1.57. The largest absolute Gasteiger partial charge is 0.361 e. The molecule has 0 atom stereocenters. The fourth-order valence-corrected chi connectivity index (χ4v) is 2.16. The fraction of sp³-hybridized carbons (Fsp3) is 0.308. The lowest BCUT2D eigenvalue weighted by molar-refractivity contribution is 0.794. The summed E-state index contributed by atoms with van der Waals surface area (Å²) in [5.74, 6) is 0. The van der Waals surface area contributed by atoms with Gasteiger partial charge in [-0.2, -0.15) is 0 Å². The van der Waals surface area contributed by atoms with Crippen LogP contribution in [0.15, 0.2) is 35.3 Å². The summed E-state index contributed by atoms with van der Waals surface area (Å²) in [6, 6.07) is 7.59. The van der Waals surface area contributed by atoms with Crippen molar-refractivity contribution in [2.75, 3.05) is 0 Å². The van der Waals surface area contributed by atoms with Crippen LogP contribution >= 0.6 is 0 Å². The first-order valence-corrected chi connectivity index (χ1v) is 5.32. The zero-order chi connectivity index (χ0) is 10.5. The summed E-state index contributed by atoms with van der Waals surface area (Å²) in [6.45, 7) is 2.26. The molecular weight excluding hydrogens is 186 g/mol. The molecule has 2 aromatic rings. The molecule has 3 rings (SSSR count). The van der Waals surface area contributed by atoms with Gasteiger partial charge in [-0.1, -0.05) is 19.1 Å². The van der Waals surface area contributed by atoms with Gasteiger partial charge in [-0.3, -0.25) is 4.79 Å². The zero-order valence-electron chi connectivity index (χ0n) is 8.71. The van der Waals surface area contributed by atoms with Crippen LogP contribution in [0.25, 0.3) is 10.9 Å². The van der Waals surface area contributed by atoms with Gasteiger partial charge in [0.2, 0.25) is 0 Å². The summed E-state index contributed by atoms with van der Waals surface area (Å²) in [5, 5.41) is 0.808. The van der Waals surface area contributed by atoms with Crippen LogP contribution in [0.4, 0.5) is 0 Å². The normalized spacial score (nSPS) is 17.9. The van der Waals surface area contributed by atoms with Crippen molar-refractivity contribution < 1.29 is 0 Å². The number of nitrogens with one attached hydrogen (secondary N) is 1. The van der Waals surface area contributed by atoms with E-state index in [1.165, 1.54) is 18.4 Å². The molecule has 2 heteroatoms. The second-order valence-corrected chi connectivity index (χ2v) is 4.63. The zero-order valence-corrected chi connectivity index (χ0v) is 8.71.